The first-order valence-corrected chi connectivity index (χ1v) is 8.67. The Morgan fingerprint density at radius 1 is 1.00 bits per heavy atom. The van der Waals surface area contributed by atoms with Crippen LogP contribution >= 0.6 is 0 Å². The molecule has 1 N–H and O–H groups in total. The average molecular weight is 300 g/mol. The number of likely N-dealkylation sites (N-methyl/N-ethyl adjacent to an activating group) is 1. The quantitative estimate of drug-likeness (QED) is 0.470. The van der Waals surface area contributed by atoms with Crippen molar-refractivity contribution >= 4 is 0 Å². The summed E-state index contributed by atoms with van der Waals surface area (Å²) < 4.78 is 10.4. The standard InChI is InChI=1S/C17H36N2O2/c1-4-19(12-14-21-3)16-17(15-18-11-13-20-2)9-7-5-6-8-10-17/h18H,4-16H2,1-3H3. The van der Waals surface area contributed by atoms with E-state index < -0.39 is 0 Å². The minimum atomic E-state index is 0.438. The molecule has 0 aromatic rings. The summed E-state index contributed by atoms with van der Waals surface area (Å²) in [5.74, 6) is 0. The van der Waals surface area contributed by atoms with Crippen LogP contribution in [-0.4, -0.2) is 65.1 Å². The van der Waals surface area contributed by atoms with Crippen molar-refractivity contribution in [1.82, 2.24) is 10.2 Å². The Balaban J connectivity index is 2.56. The summed E-state index contributed by atoms with van der Waals surface area (Å²) in [7, 11) is 3.56. The Morgan fingerprint density at radius 2 is 1.67 bits per heavy atom. The van der Waals surface area contributed by atoms with Gasteiger partial charge in [-0.3, -0.25) is 0 Å². The number of hydrogen-bond donors (Lipinski definition) is 1. The van der Waals surface area contributed by atoms with Crippen molar-refractivity contribution in [2.75, 3.05) is 60.2 Å². The van der Waals surface area contributed by atoms with Crippen LogP contribution in [0.3, 0.4) is 0 Å². The fraction of sp³-hybridized carbons (Fsp3) is 1.00. The maximum Gasteiger partial charge on any atom is 0.0589 e. The lowest BCUT2D eigenvalue weighted by atomic mass is 9.79. The number of nitrogens with zero attached hydrogens (tertiary/aromatic N) is 1. The highest BCUT2D eigenvalue weighted by Gasteiger charge is 2.32. The van der Waals surface area contributed by atoms with Gasteiger partial charge in [0.05, 0.1) is 13.2 Å². The van der Waals surface area contributed by atoms with Crippen LogP contribution in [0.25, 0.3) is 0 Å². The fourth-order valence-electron chi connectivity index (χ4n) is 3.44. The zero-order valence-corrected chi connectivity index (χ0v) is 14.5. The van der Waals surface area contributed by atoms with Crippen LogP contribution in [0.5, 0.6) is 0 Å². The number of hydrogen-bond acceptors (Lipinski definition) is 4. The molecule has 0 aliphatic heterocycles. The molecular formula is C17H36N2O2. The van der Waals surface area contributed by atoms with Crippen LogP contribution in [-0.2, 0) is 9.47 Å². The van der Waals surface area contributed by atoms with E-state index >= 15 is 0 Å². The summed E-state index contributed by atoms with van der Waals surface area (Å²) in [4.78, 5) is 2.56. The predicted molar refractivity (Wildman–Crippen MR) is 88.9 cm³/mol. The summed E-state index contributed by atoms with van der Waals surface area (Å²) in [6.07, 6.45) is 8.29. The molecule has 0 atom stereocenters. The molecule has 1 aliphatic rings. The molecule has 0 amide bonds. The van der Waals surface area contributed by atoms with Gasteiger partial charge in [0.25, 0.3) is 0 Å². The van der Waals surface area contributed by atoms with Crippen LogP contribution in [0.4, 0.5) is 0 Å². The topological polar surface area (TPSA) is 33.7 Å². The monoisotopic (exact) mass is 300 g/mol. The minimum absolute atomic E-state index is 0.438. The van der Waals surface area contributed by atoms with Gasteiger partial charge in [-0.15, -0.1) is 0 Å². The van der Waals surface area contributed by atoms with E-state index in [1.54, 1.807) is 14.2 Å². The van der Waals surface area contributed by atoms with Gasteiger partial charge in [0.2, 0.25) is 0 Å². The molecular weight excluding hydrogens is 264 g/mol. The van der Waals surface area contributed by atoms with Crippen molar-refractivity contribution in [3.05, 3.63) is 0 Å². The van der Waals surface area contributed by atoms with Crippen molar-refractivity contribution in [2.45, 2.75) is 45.4 Å². The zero-order valence-electron chi connectivity index (χ0n) is 14.5. The van der Waals surface area contributed by atoms with Gasteiger partial charge in [-0.05, 0) is 24.8 Å². The fourth-order valence-corrected chi connectivity index (χ4v) is 3.44. The average Bonchev–Trinajstić information content (AvgIpc) is 2.74. The Morgan fingerprint density at radius 3 is 2.24 bits per heavy atom. The molecule has 1 aliphatic carbocycles. The molecule has 0 spiro atoms. The second-order valence-corrected chi connectivity index (χ2v) is 6.45. The first-order valence-electron chi connectivity index (χ1n) is 8.67. The molecule has 1 rings (SSSR count). The van der Waals surface area contributed by atoms with Crippen molar-refractivity contribution in [3.8, 4) is 0 Å². The molecule has 0 heterocycles. The molecule has 1 saturated carbocycles. The van der Waals surface area contributed by atoms with E-state index in [4.69, 9.17) is 9.47 Å². The van der Waals surface area contributed by atoms with E-state index in [-0.39, 0.29) is 0 Å². The maximum absolute atomic E-state index is 5.26. The van der Waals surface area contributed by atoms with Crippen LogP contribution in [0.2, 0.25) is 0 Å². The number of methoxy groups -OCH3 is 2. The van der Waals surface area contributed by atoms with Crippen LogP contribution in [0, 0.1) is 5.41 Å². The predicted octanol–water partition coefficient (Wildman–Crippen LogP) is 2.53. The first kappa shape index (κ1) is 18.9. The smallest absolute Gasteiger partial charge is 0.0589 e. The Labute approximate surface area is 131 Å². The second-order valence-electron chi connectivity index (χ2n) is 6.45. The summed E-state index contributed by atoms with van der Waals surface area (Å²) in [5.41, 5.74) is 0.438. The molecule has 0 bridgehead atoms. The van der Waals surface area contributed by atoms with E-state index in [2.05, 4.69) is 17.1 Å². The van der Waals surface area contributed by atoms with Crippen molar-refractivity contribution in [3.63, 3.8) is 0 Å². The number of ether oxygens (including phenoxy) is 2. The highest BCUT2D eigenvalue weighted by Crippen LogP contribution is 2.35. The van der Waals surface area contributed by atoms with Crippen LogP contribution < -0.4 is 5.32 Å². The summed E-state index contributed by atoms with van der Waals surface area (Å²) in [6.45, 7) is 9.35. The van der Waals surface area contributed by atoms with Crippen molar-refractivity contribution in [2.24, 2.45) is 5.41 Å². The van der Waals surface area contributed by atoms with Crippen LogP contribution in [0.15, 0.2) is 0 Å². The van der Waals surface area contributed by atoms with Gasteiger partial charge in [-0.25, -0.2) is 0 Å². The molecule has 21 heavy (non-hydrogen) atoms. The molecule has 0 unspecified atom stereocenters. The van der Waals surface area contributed by atoms with Crippen LogP contribution in [0.1, 0.15) is 45.4 Å². The van der Waals surface area contributed by atoms with E-state index in [9.17, 15) is 0 Å². The highest BCUT2D eigenvalue weighted by atomic mass is 16.5. The Bertz CT molecular complexity index is 241. The molecule has 4 heteroatoms. The van der Waals surface area contributed by atoms with Crippen molar-refractivity contribution in [1.29, 1.82) is 0 Å². The van der Waals surface area contributed by atoms with Gasteiger partial charge in [-0.1, -0.05) is 32.6 Å². The minimum Gasteiger partial charge on any atom is -0.383 e. The third-order valence-electron chi connectivity index (χ3n) is 4.77. The highest BCUT2D eigenvalue weighted by molar-refractivity contribution is 4.87. The van der Waals surface area contributed by atoms with E-state index in [0.717, 1.165) is 39.4 Å². The zero-order chi connectivity index (χ0) is 15.4. The third kappa shape index (κ3) is 7.59. The van der Waals surface area contributed by atoms with Gasteiger partial charge in [0.1, 0.15) is 0 Å². The van der Waals surface area contributed by atoms with E-state index in [0.29, 0.717) is 5.41 Å². The van der Waals surface area contributed by atoms with Gasteiger partial charge in [0.15, 0.2) is 0 Å². The third-order valence-corrected chi connectivity index (χ3v) is 4.77. The first-order chi connectivity index (χ1) is 10.3. The summed E-state index contributed by atoms with van der Waals surface area (Å²) >= 11 is 0. The Kier molecular flexibility index (Phi) is 10.3. The summed E-state index contributed by atoms with van der Waals surface area (Å²) in [5, 5.41) is 3.63. The molecule has 4 nitrogen and oxygen atoms in total. The van der Waals surface area contributed by atoms with Gasteiger partial charge in [-0.2, -0.15) is 0 Å². The van der Waals surface area contributed by atoms with E-state index in [1.165, 1.54) is 45.1 Å². The SMILES string of the molecule is CCN(CCOC)CC1(CNCCOC)CCCCCC1. The maximum atomic E-state index is 5.26. The molecule has 0 aromatic heterocycles. The number of rotatable bonds is 11. The van der Waals surface area contributed by atoms with Gasteiger partial charge in [0, 0.05) is 40.4 Å². The molecule has 126 valence electrons. The largest absolute Gasteiger partial charge is 0.383 e. The number of nitrogens with one attached hydrogen (secondary N) is 1. The van der Waals surface area contributed by atoms with Crippen molar-refractivity contribution < 1.29 is 9.47 Å². The van der Waals surface area contributed by atoms with Gasteiger partial charge < -0.3 is 19.7 Å². The van der Waals surface area contributed by atoms with E-state index in [1.807, 2.05) is 0 Å². The lowest BCUT2D eigenvalue weighted by Crippen LogP contribution is -2.45. The molecule has 0 aromatic carbocycles. The second kappa shape index (κ2) is 11.4. The molecule has 1 fully saturated rings. The molecule has 0 radical (unpaired) electrons. The summed E-state index contributed by atoms with van der Waals surface area (Å²) in [6, 6.07) is 0. The lowest BCUT2D eigenvalue weighted by molar-refractivity contribution is 0.0952. The lowest BCUT2D eigenvalue weighted by Gasteiger charge is -2.38. The van der Waals surface area contributed by atoms with Gasteiger partial charge >= 0.3 is 0 Å². The Hall–Kier alpha value is -0.160. The molecule has 0 saturated heterocycles. The normalized spacial score (nSPS) is 18.9.